The lowest BCUT2D eigenvalue weighted by atomic mass is 10.1. The molecule has 2 N–H and O–H groups in total. The Kier molecular flexibility index (Phi) is 4.87. The number of esters is 1. The Bertz CT molecular complexity index is 765. The van der Waals surface area contributed by atoms with Gasteiger partial charge < -0.3 is 9.72 Å². The number of benzene rings is 1. The van der Waals surface area contributed by atoms with Crippen molar-refractivity contribution in [1.29, 1.82) is 0 Å². The second-order valence-electron chi connectivity index (χ2n) is 5.29. The smallest absolute Gasteiger partial charge is 0.324 e. The Balaban J connectivity index is 2.35. The summed E-state index contributed by atoms with van der Waals surface area (Å²) < 4.78 is 32.6. The van der Waals surface area contributed by atoms with Gasteiger partial charge in [-0.2, -0.15) is 4.72 Å². The molecule has 7 heteroatoms. The minimum absolute atomic E-state index is 0.123. The van der Waals surface area contributed by atoms with Crippen molar-refractivity contribution in [2.24, 2.45) is 5.92 Å². The predicted molar refractivity (Wildman–Crippen MR) is 83.9 cm³/mol. The van der Waals surface area contributed by atoms with Gasteiger partial charge in [0.2, 0.25) is 10.0 Å². The van der Waals surface area contributed by atoms with Gasteiger partial charge in [-0.25, -0.2) is 8.42 Å². The van der Waals surface area contributed by atoms with Gasteiger partial charge in [0, 0.05) is 17.1 Å². The predicted octanol–water partition coefficient (Wildman–Crippen LogP) is 2.03. The molecule has 120 valence electrons. The van der Waals surface area contributed by atoms with Crippen molar-refractivity contribution in [2.75, 3.05) is 6.61 Å². The fourth-order valence-electron chi connectivity index (χ4n) is 2.19. The number of nitrogens with one attached hydrogen (secondary N) is 2. The van der Waals surface area contributed by atoms with Crippen molar-refractivity contribution in [1.82, 2.24) is 9.71 Å². The van der Waals surface area contributed by atoms with Crippen LogP contribution in [-0.4, -0.2) is 32.0 Å². The van der Waals surface area contributed by atoms with Crippen LogP contribution in [0.4, 0.5) is 0 Å². The topological polar surface area (TPSA) is 88.3 Å². The van der Waals surface area contributed by atoms with Gasteiger partial charge in [-0.1, -0.05) is 32.0 Å². The maximum absolute atomic E-state index is 12.6. The third-order valence-electron chi connectivity index (χ3n) is 3.33. The highest BCUT2D eigenvalue weighted by atomic mass is 32.2. The van der Waals surface area contributed by atoms with E-state index in [0.29, 0.717) is 5.39 Å². The van der Waals surface area contributed by atoms with E-state index in [9.17, 15) is 13.2 Å². The first-order valence-electron chi connectivity index (χ1n) is 7.12. The van der Waals surface area contributed by atoms with E-state index >= 15 is 0 Å². The highest BCUT2D eigenvalue weighted by molar-refractivity contribution is 7.89. The number of aromatic nitrogens is 1. The number of H-pyrrole nitrogens is 1. The van der Waals surface area contributed by atoms with Crippen molar-refractivity contribution in [3.05, 3.63) is 30.5 Å². The summed E-state index contributed by atoms with van der Waals surface area (Å²) in [5, 5.41) is 0.585. The molecule has 0 amide bonds. The Morgan fingerprint density at radius 3 is 2.64 bits per heavy atom. The number of fused-ring (bicyclic) bond motifs is 1. The van der Waals surface area contributed by atoms with E-state index < -0.39 is 22.0 Å². The van der Waals surface area contributed by atoms with Crippen LogP contribution >= 0.6 is 0 Å². The van der Waals surface area contributed by atoms with E-state index in [2.05, 4.69) is 9.71 Å². The van der Waals surface area contributed by atoms with Gasteiger partial charge >= 0.3 is 5.97 Å². The molecule has 0 aliphatic heterocycles. The van der Waals surface area contributed by atoms with Gasteiger partial charge in [0.1, 0.15) is 10.9 Å². The average molecular weight is 324 g/mol. The molecule has 1 aromatic carbocycles. The lowest BCUT2D eigenvalue weighted by Gasteiger charge is -2.20. The maximum atomic E-state index is 12.6. The summed E-state index contributed by atoms with van der Waals surface area (Å²) >= 11 is 0. The first-order chi connectivity index (χ1) is 10.4. The molecule has 0 aliphatic carbocycles. The lowest BCUT2D eigenvalue weighted by Crippen LogP contribution is -2.45. The van der Waals surface area contributed by atoms with Crippen molar-refractivity contribution in [3.63, 3.8) is 0 Å². The zero-order chi connectivity index (χ0) is 16.3. The molecule has 0 saturated heterocycles. The van der Waals surface area contributed by atoms with Gasteiger partial charge in [0.25, 0.3) is 0 Å². The SMILES string of the molecule is CCOC(=O)C(NS(=O)(=O)c1c[nH]c2ccccc12)C(C)C. The van der Waals surface area contributed by atoms with Crippen LogP contribution in [0, 0.1) is 5.92 Å². The van der Waals surface area contributed by atoms with Crippen LogP contribution in [0.25, 0.3) is 10.9 Å². The van der Waals surface area contributed by atoms with Crippen molar-refractivity contribution in [3.8, 4) is 0 Å². The van der Waals surface area contributed by atoms with Gasteiger partial charge in [0.05, 0.1) is 6.61 Å². The second-order valence-corrected chi connectivity index (χ2v) is 6.98. The van der Waals surface area contributed by atoms with E-state index in [-0.39, 0.29) is 17.4 Å². The number of hydrogen-bond donors (Lipinski definition) is 2. The molecule has 0 bridgehead atoms. The lowest BCUT2D eigenvalue weighted by molar-refractivity contribution is -0.146. The van der Waals surface area contributed by atoms with E-state index in [4.69, 9.17) is 4.74 Å². The summed E-state index contributed by atoms with van der Waals surface area (Å²) in [7, 11) is -3.83. The first-order valence-corrected chi connectivity index (χ1v) is 8.60. The molecular formula is C15H20N2O4S. The summed E-state index contributed by atoms with van der Waals surface area (Å²) in [5.41, 5.74) is 0.722. The van der Waals surface area contributed by atoms with Gasteiger partial charge in [0.15, 0.2) is 0 Å². The third-order valence-corrected chi connectivity index (χ3v) is 4.81. The average Bonchev–Trinajstić information content (AvgIpc) is 2.89. The molecular weight excluding hydrogens is 304 g/mol. The van der Waals surface area contributed by atoms with Crippen LogP contribution in [0.1, 0.15) is 20.8 Å². The fraction of sp³-hybridized carbons (Fsp3) is 0.400. The minimum Gasteiger partial charge on any atom is -0.465 e. The maximum Gasteiger partial charge on any atom is 0.324 e. The van der Waals surface area contributed by atoms with Crippen LogP contribution in [-0.2, 0) is 19.6 Å². The van der Waals surface area contributed by atoms with Crippen LogP contribution < -0.4 is 4.72 Å². The summed E-state index contributed by atoms with van der Waals surface area (Å²) in [6.45, 7) is 5.42. The van der Waals surface area contributed by atoms with Crippen LogP contribution in [0.3, 0.4) is 0 Å². The Hall–Kier alpha value is -1.86. The summed E-state index contributed by atoms with van der Waals surface area (Å²) in [6, 6.07) is 6.17. The molecule has 1 unspecified atom stereocenters. The van der Waals surface area contributed by atoms with Crippen LogP contribution in [0.5, 0.6) is 0 Å². The van der Waals surface area contributed by atoms with Crippen molar-refractivity contribution >= 4 is 26.9 Å². The monoisotopic (exact) mass is 324 g/mol. The van der Waals surface area contributed by atoms with Gasteiger partial charge in [-0.15, -0.1) is 0 Å². The van der Waals surface area contributed by atoms with Crippen LogP contribution in [0.15, 0.2) is 35.4 Å². The van der Waals surface area contributed by atoms with Gasteiger partial charge in [-0.3, -0.25) is 4.79 Å². The molecule has 2 rings (SSSR count). The number of para-hydroxylation sites is 1. The van der Waals surface area contributed by atoms with Crippen LogP contribution in [0.2, 0.25) is 0 Å². The molecule has 1 heterocycles. The Labute approximate surface area is 129 Å². The molecule has 1 aromatic heterocycles. The molecule has 0 saturated carbocycles. The quantitative estimate of drug-likeness (QED) is 0.796. The van der Waals surface area contributed by atoms with E-state index in [1.165, 1.54) is 6.20 Å². The zero-order valence-corrected chi connectivity index (χ0v) is 13.6. The summed E-state index contributed by atoms with van der Waals surface area (Å²) in [5.74, 6) is -0.792. The fourth-order valence-corrected chi connectivity index (χ4v) is 3.70. The second kappa shape index (κ2) is 6.50. The molecule has 0 fully saturated rings. The van der Waals surface area contributed by atoms with E-state index in [1.807, 2.05) is 6.07 Å². The number of rotatable bonds is 6. The minimum atomic E-state index is -3.83. The summed E-state index contributed by atoms with van der Waals surface area (Å²) in [4.78, 5) is 15.0. The van der Waals surface area contributed by atoms with E-state index in [1.54, 1.807) is 39.0 Å². The number of hydrogen-bond acceptors (Lipinski definition) is 4. The Morgan fingerprint density at radius 1 is 1.32 bits per heavy atom. The normalized spacial score (nSPS) is 13.5. The first kappa shape index (κ1) is 16.5. The highest BCUT2D eigenvalue weighted by Gasteiger charge is 2.30. The number of ether oxygens (including phenoxy) is 1. The molecule has 22 heavy (non-hydrogen) atoms. The highest BCUT2D eigenvalue weighted by Crippen LogP contribution is 2.23. The number of carbonyl (C=O) groups is 1. The largest absolute Gasteiger partial charge is 0.465 e. The molecule has 6 nitrogen and oxygen atoms in total. The summed E-state index contributed by atoms with van der Waals surface area (Å²) in [6.07, 6.45) is 1.43. The number of sulfonamides is 1. The van der Waals surface area contributed by atoms with Crippen molar-refractivity contribution < 1.29 is 17.9 Å². The number of carbonyl (C=O) groups excluding carboxylic acids is 1. The number of aromatic amines is 1. The zero-order valence-electron chi connectivity index (χ0n) is 12.8. The van der Waals surface area contributed by atoms with Crippen molar-refractivity contribution in [2.45, 2.75) is 31.7 Å². The third kappa shape index (κ3) is 3.31. The van der Waals surface area contributed by atoms with Gasteiger partial charge in [-0.05, 0) is 18.9 Å². The molecule has 1 atom stereocenters. The molecule has 0 aliphatic rings. The molecule has 2 aromatic rings. The molecule has 0 radical (unpaired) electrons. The Morgan fingerprint density at radius 2 is 2.00 bits per heavy atom. The van der Waals surface area contributed by atoms with E-state index in [0.717, 1.165) is 5.52 Å². The standard InChI is InChI=1S/C15H20N2O4S/c1-4-21-15(18)14(10(2)3)17-22(19,20)13-9-16-12-8-6-5-7-11(12)13/h5-10,14,16-17H,4H2,1-3H3. The molecule has 0 spiro atoms.